The molecule has 1 aromatic heterocycles. The number of nitrogens with zero attached hydrogens (tertiary/aromatic N) is 1. The van der Waals surface area contributed by atoms with E-state index in [4.69, 9.17) is 14.0 Å². The van der Waals surface area contributed by atoms with Gasteiger partial charge in [-0.25, -0.2) is 4.98 Å². The van der Waals surface area contributed by atoms with Crippen LogP contribution in [0.3, 0.4) is 0 Å². The van der Waals surface area contributed by atoms with Gasteiger partial charge >= 0.3 is 7.60 Å². The van der Waals surface area contributed by atoms with E-state index in [9.17, 15) is 4.57 Å². The van der Waals surface area contributed by atoms with Crippen molar-refractivity contribution >= 4 is 23.8 Å². The minimum absolute atomic E-state index is 0.270. The van der Waals surface area contributed by atoms with Crippen LogP contribution in [0.2, 0.25) is 0 Å². The average molecular weight is 417 g/mol. The predicted molar refractivity (Wildman–Crippen MR) is 123 cm³/mol. The first kappa shape index (κ1) is 20.5. The molecule has 0 aliphatic carbocycles. The van der Waals surface area contributed by atoms with Crippen LogP contribution < -0.4 is 5.30 Å². The maximum Gasteiger partial charge on any atom is 0.364 e. The van der Waals surface area contributed by atoms with Crippen LogP contribution in [0.5, 0.6) is 0 Å². The summed E-state index contributed by atoms with van der Waals surface area (Å²) in [7, 11) is -3.64. The smallest absolute Gasteiger partial charge is 0.305 e. The lowest BCUT2D eigenvalue weighted by atomic mass is 9.98. The Labute approximate surface area is 177 Å². The van der Waals surface area contributed by atoms with E-state index in [-0.39, 0.29) is 13.2 Å². The largest absolute Gasteiger partial charge is 0.364 e. The van der Waals surface area contributed by atoms with Crippen LogP contribution in [0, 0.1) is 0 Å². The van der Waals surface area contributed by atoms with Gasteiger partial charge in [0.15, 0.2) is 0 Å². The molecule has 0 spiro atoms. The van der Waals surface area contributed by atoms with Crippen molar-refractivity contribution in [1.29, 1.82) is 0 Å². The number of hydrogen-bond donors (Lipinski definition) is 0. The fraction of sp³-hybridized carbons (Fsp3) is 0.160. The van der Waals surface area contributed by atoms with Crippen molar-refractivity contribution in [2.75, 3.05) is 13.2 Å². The van der Waals surface area contributed by atoms with E-state index in [1.807, 2.05) is 98.8 Å². The first-order valence-electron chi connectivity index (χ1n) is 10.1. The summed E-state index contributed by atoms with van der Waals surface area (Å²) in [6, 6.07) is 27.6. The summed E-state index contributed by atoms with van der Waals surface area (Å²) >= 11 is 0. The first-order valence-corrected chi connectivity index (χ1v) is 11.7. The van der Waals surface area contributed by atoms with Gasteiger partial charge in [-0.05, 0) is 25.5 Å². The van der Waals surface area contributed by atoms with Crippen molar-refractivity contribution in [1.82, 2.24) is 4.98 Å². The Kier molecular flexibility index (Phi) is 6.10. The highest BCUT2D eigenvalue weighted by Gasteiger charge is 2.35. The highest BCUT2D eigenvalue weighted by molar-refractivity contribution is 7.63. The molecule has 0 atom stereocenters. The molecule has 0 N–H and O–H groups in total. The number of fused-ring (bicyclic) bond motifs is 1. The molecule has 0 saturated heterocycles. The topological polar surface area (TPSA) is 48.4 Å². The van der Waals surface area contributed by atoms with E-state index < -0.39 is 7.60 Å². The minimum atomic E-state index is -3.64. The number of benzene rings is 3. The van der Waals surface area contributed by atoms with Crippen LogP contribution in [0.15, 0.2) is 84.9 Å². The van der Waals surface area contributed by atoms with Crippen molar-refractivity contribution in [3.63, 3.8) is 0 Å². The minimum Gasteiger partial charge on any atom is -0.305 e. The van der Waals surface area contributed by atoms with Crippen LogP contribution in [0.25, 0.3) is 33.3 Å². The molecule has 0 aliphatic heterocycles. The first-order chi connectivity index (χ1) is 14.7. The Morgan fingerprint density at radius 3 is 1.87 bits per heavy atom. The molecule has 0 bridgehead atoms. The number of hydrogen-bond acceptors (Lipinski definition) is 4. The molecule has 3 aromatic carbocycles. The average Bonchev–Trinajstić information content (AvgIpc) is 2.79. The maximum atomic E-state index is 14.2. The predicted octanol–water partition coefficient (Wildman–Crippen LogP) is 6.46. The highest BCUT2D eigenvalue weighted by Crippen LogP contribution is 2.52. The number of aromatic nitrogens is 1. The molecule has 4 rings (SSSR count). The van der Waals surface area contributed by atoms with Crippen molar-refractivity contribution in [3.05, 3.63) is 84.9 Å². The lowest BCUT2D eigenvalue weighted by Crippen LogP contribution is -2.18. The normalized spacial score (nSPS) is 11.7. The summed E-state index contributed by atoms with van der Waals surface area (Å²) < 4.78 is 25.8. The molecule has 30 heavy (non-hydrogen) atoms. The van der Waals surface area contributed by atoms with E-state index in [1.54, 1.807) is 0 Å². The molecule has 4 nitrogen and oxygen atoms in total. The zero-order valence-corrected chi connectivity index (χ0v) is 18.0. The lowest BCUT2D eigenvalue weighted by molar-refractivity contribution is 0.230. The van der Waals surface area contributed by atoms with Crippen molar-refractivity contribution in [2.24, 2.45) is 0 Å². The van der Waals surface area contributed by atoms with Gasteiger partial charge in [-0.3, -0.25) is 4.57 Å². The molecule has 0 amide bonds. The van der Waals surface area contributed by atoms with E-state index >= 15 is 0 Å². The van der Waals surface area contributed by atoms with Crippen molar-refractivity contribution in [3.8, 4) is 22.4 Å². The van der Waals surface area contributed by atoms with Gasteiger partial charge in [0.05, 0.1) is 29.7 Å². The Hall–Kier alpha value is -2.78. The van der Waals surface area contributed by atoms with Crippen LogP contribution >= 0.6 is 7.60 Å². The molecule has 152 valence electrons. The van der Waals surface area contributed by atoms with Gasteiger partial charge < -0.3 is 9.05 Å². The number of rotatable bonds is 7. The van der Waals surface area contributed by atoms with Gasteiger partial charge in [0.25, 0.3) is 0 Å². The summed E-state index contributed by atoms with van der Waals surface area (Å²) in [4.78, 5) is 4.93. The third-order valence-corrected chi connectivity index (χ3v) is 7.03. The fourth-order valence-corrected chi connectivity index (χ4v) is 5.64. The van der Waals surface area contributed by atoms with Gasteiger partial charge in [-0.1, -0.05) is 78.9 Å². The number of para-hydroxylation sites is 1. The van der Waals surface area contributed by atoms with Gasteiger partial charge in [-0.2, -0.15) is 0 Å². The summed E-state index contributed by atoms with van der Waals surface area (Å²) in [5.74, 6) is 0. The van der Waals surface area contributed by atoms with Crippen LogP contribution in [0.1, 0.15) is 13.8 Å². The lowest BCUT2D eigenvalue weighted by Gasteiger charge is -2.24. The zero-order valence-electron chi connectivity index (χ0n) is 17.1. The Bertz CT molecular complexity index is 1180. The van der Waals surface area contributed by atoms with Gasteiger partial charge in [0.2, 0.25) is 0 Å². The Morgan fingerprint density at radius 1 is 0.733 bits per heavy atom. The molecule has 0 aliphatic rings. The van der Waals surface area contributed by atoms with Crippen molar-refractivity contribution in [2.45, 2.75) is 13.8 Å². The molecule has 0 radical (unpaired) electrons. The van der Waals surface area contributed by atoms with Gasteiger partial charge in [0, 0.05) is 16.5 Å². The quantitative estimate of drug-likeness (QED) is 0.324. The molecule has 4 aromatic rings. The van der Waals surface area contributed by atoms with E-state index in [0.717, 1.165) is 27.6 Å². The molecular formula is C25H24NO3P. The SMILES string of the molecule is CCOP(=O)(OCC)c1c(-c2ccccc2)nc2ccccc2c1-c1ccccc1. The van der Waals surface area contributed by atoms with Crippen molar-refractivity contribution < 1.29 is 13.6 Å². The van der Waals surface area contributed by atoms with E-state index in [2.05, 4.69) is 0 Å². The van der Waals surface area contributed by atoms with Crippen LogP contribution in [-0.4, -0.2) is 18.2 Å². The second-order valence-corrected chi connectivity index (χ2v) is 8.72. The van der Waals surface area contributed by atoms with Gasteiger partial charge in [-0.15, -0.1) is 0 Å². The summed E-state index contributed by atoms with van der Waals surface area (Å²) in [5.41, 5.74) is 4.11. The highest BCUT2D eigenvalue weighted by atomic mass is 31.2. The van der Waals surface area contributed by atoms with E-state index in [0.29, 0.717) is 11.0 Å². The number of pyridine rings is 1. The third-order valence-electron chi connectivity index (χ3n) is 4.85. The maximum absolute atomic E-state index is 14.2. The summed E-state index contributed by atoms with van der Waals surface area (Å²) in [6.45, 7) is 4.19. The van der Waals surface area contributed by atoms with Crippen LogP contribution in [0.4, 0.5) is 0 Å². The molecule has 5 heteroatoms. The van der Waals surface area contributed by atoms with E-state index in [1.165, 1.54) is 0 Å². The summed E-state index contributed by atoms with van der Waals surface area (Å²) in [5, 5.41) is 1.43. The monoisotopic (exact) mass is 417 g/mol. The zero-order chi connectivity index (χ0) is 21.0. The standard InChI is InChI=1S/C25H24NO3P/c1-3-28-30(27,29-4-2)25-23(19-13-7-5-8-14-19)21-17-11-12-18-22(21)26-24(25)20-15-9-6-10-16-20/h5-18H,3-4H2,1-2H3. The van der Waals surface area contributed by atoms with Crippen LogP contribution in [-0.2, 0) is 13.6 Å². The molecule has 1 heterocycles. The van der Waals surface area contributed by atoms with Gasteiger partial charge in [0.1, 0.15) is 0 Å². The Morgan fingerprint density at radius 2 is 1.27 bits per heavy atom. The summed E-state index contributed by atoms with van der Waals surface area (Å²) in [6.07, 6.45) is 0. The molecule has 0 unspecified atom stereocenters. The Balaban J connectivity index is 2.19. The second kappa shape index (κ2) is 8.93. The third kappa shape index (κ3) is 3.82. The molecule has 0 fully saturated rings. The molecule has 0 saturated carbocycles. The fourth-order valence-electron chi connectivity index (χ4n) is 3.67. The second-order valence-electron chi connectivity index (χ2n) is 6.77. The molecular weight excluding hydrogens is 393 g/mol.